The first kappa shape index (κ1) is 24.7. The molecule has 2 aromatic heterocycles. The molecule has 39 heavy (non-hydrogen) atoms. The van der Waals surface area contributed by atoms with E-state index in [4.69, 9.17) is 5.10 Å². The Balaban J connectivity index is 1.48. The summed E-state index contributed by atoms with van der Waals surface area (Å²) in [5, 5.41) is 8.25. The molecule has 2 amide bonds. The van der Waals surface area contributed by atoms with Crippen LogP contribution in [0.1, 0.15) is 52.2 Å². The summed E-state index contributed by atoms with van der Waals surface area (Å²) in [5.74, 6) is 0.990. The molecule has 6 heteroatoms. The number of carbonyl (C=O) groups is 1. The van der Waals surface area contributed by atoms with E-state index in [2.05, 4.69) is 110 Å². The zero-order chi connectivity index (χ0) is 26.9. The molecule has 1 N–H and O–H groups in total. The van der Waals surface area contributed by atoms with Gasteiger partial charge >= 0.3 is 6.03 Å². The normalized spacial score (nSPS) is 14.4. The van der Waals surface area contributed by atoms with E-state index in [-0.39, 0.29) is 12.1 Å². The van der Waals surface area contributed by atoms with Crippen LogP contribution in [0.4, 0.5) is 4.79 Å². The van der Waals surface area contributed by atoms with E-state index in [9.17, 15) is 4.79 Å². The second-order valence-electron chi connectivity index (χ2n) is 10.2. The summed E-state index contributed by atoms with van der Waals surface area (Å²) in [4.78, 5) is 16.0. The van der Waals surface area contributed by atoms with Crippen LogP contribution >= 0.6 is 0 Å². The fourth-order valence-electron chi connectivity index (χ4n) is 5.43. The van der Waals surface area contributed by atoms with E-state index in [1.807, 2.05) is 27.8 Å². The Labute approximate surface area is 229 Å². The molecule has 5 aromatic rings. The number of para-hydroxylation sites is 1. The first-order valence-electron chi connectivity index (χ1n) is 13.5. The summed E-state index contributed by atoms with van der Waals surface area (Å²) >= 11 is 0. The van der Waals surface area contributed by atoms with Gasteiger partial charge in [0.15, 0.2) is 0 Å². The van der Waals surface area contributed by atoms with Crippen molar-refractivity contribution in [3.63, 3.8) is 0 Å². The largest absolute Gasteiger partial charge is 0.334 e. The third-order valence-corrected chi connectivity index (χ3v) is 7.52. The molecule has 0 spiro atoms. The summed E-state index contributed by atoms with van der Waals surface area (Å²) in [6.45, 7) is 7.20. The Hall–Kier alpha value is -4.58. The average Bonchev–Trinajstić information content (AvgIpc) is 3.55. The number of hydrogen-bond acceptors (Lipinski definition) is 2. The molecule has 1 aliphatic heterocycles. The molecule has 6 rings (SSSR count). The van der Waals surface area contributed by atoms with Crippen LogP contribution in [0.25, 0.3) is 11.5 Å². The van der Waals surface area contributed by atoms with Crippen molar-refractivity contribution in [1.82, 2.24) is 24.6 Å². The van der Waals surface area contributed by atoms with Crippen LogP contribution in [0.15, 0.2) is 97.2 Å². The Morgan fingerprint density at radius 2 is 1.59 bits per heavy atom. The van der Waals surface area contributed by atoms with Gasteiger partial charge in [0.2, 0.25) is 0 Å². The van der Waals surface area contributed by atoms with Crippen LogP contribution in [-0.4, -0.2) is 25.3 Å². The summed E-state index contributed by atoms with van der Waals surface area (Å²) in [6.07, 6.45) is 2.86. The predicted octanol–water partition coefficient (Wildman–Crippen LogP) is 6.66. The van der Waals surface area contributed by atoms with Crippen molar-refractivity contribution in [3.8, 4) is 11.5 Å². The monoisotopic (exact) mass is 515 g/mol. The lowest BCUT2D eigenvalue weighted by Gasteiger charge is -2.31. The zero-order valence-corrected chi connectivity index (χ0v) is 22.6. The van der Waals surface area contributed by atoms with Crippen molar-refractivity contribution >= 4 is 6.03 Å². The molecule has 1 atom stereocenters. The van der Waals surface area contributed by atoms with Gasteiger partial charge in [0.05, 0.1) is 29.7 Å². The van der Waals surface area contributed by atoms with Gasteiger partial charge in [-0.2, -0.15) is 5.10 Å². The van der Waals surface area contributed by atoms with Crippen molar-refractivity contribution in [1.29, 1.82) is 0 Å². The first-order valence-corrected chi connectivity index (χ1v) is 13.5. The number of hydrogen-bond donors (Lipinski definition) is 1. The third kappa shape index (κ3) is 4.63. The standard InChI is InChI=1S/C33H33N5O/c1-4-29-28-22-37(33(39)34-21-25-16-12-23(2)13-17-25)31(26-18-14-24(3)15-19-26)30-11-8-20-36(30)32(28)38(35-29)27-9-6-5-7-10-27/h5-20,31H,4,21-22H2,1-3H3,(H,34,39). The van der Waals surface area contributed by atoms with Gasteiger partial charge in [-0.25, -0.2) is 9.48 Å². The molecule has 0 aliphatic carbocycles. The minimum atomic E-state index is -0.264. The lowest BCUT2D eigenvalue weighted by molar-refractivity contribution is 0.180. The average molecular weight is 516 g/mol. The number of nitrogens with zero attached hydrogens (tertiary/aromatic N) is 4. The molecule has 3 heterocycles. The third-order valence-electron chi connectivity index (χ3n) is 7.52. The van der Waals surface area contributed by atoms with Gasteiger partial charge < -0.3 is 14.8 Å². The fourth-order valence-corrected chi connectivity index (χ4v) is 5.43. The second kappa shape index (κ2) is 10.3. The Bertz CT molecular complexity index is 1600. The predicted molar refractivity (Wildman–Crippen MR) is 154 cm³/mol. The number of urea groups is 1. The molecule has 1 unspecified atom stereocenters. The molecule has 196 valence electrons. The molecule has 0 radical (unpaired) electrons. The minimum absolute atomic E-state index is 0.101. The smallest absolute Gasteiger partial charge is 0.318 e. The van der Waals surface area contributed by atoms with Gasteiger partial charge in [-0.3, -0.25) is 0 Å². The number of fused-ring (bicyclic) bond motifs is 3. The van der Waals surface area contributed by atoms with Crippen LogP contribution in [-0.2, 0) is 19.5 Å². The topological polar surface area (TPSA) is 55.1 Å². The van der Waals surface area contributed by atoms with Gasteiger partial charge in [-0.15, -0.1) is 0 Å². The lowest BCUT2D eigenvalue weighted by Crippen LogP contribution is -2.41. The van der Waals surface area contributed by atoms with Gasteiger partial charge in [-0.05, 0) is 55.7 Å². The van der Waals surface area contributed by atoms with E-state index in [0.717, 1.165) is 46.0 Å². The molecule has 0 fully saturated rings. The van der Waals surface area contributed by atoms with Gasteiger partial charge in [0.25, 0.3) is 0 Å². The maximum Gasteiger partial charge on any atom is 0.318 e. The Morgan fingerprint density at radius 1 is 0.897 bits per heavy atom. The number of amides is 2. The number of nitrogens with one attached hydrogen (secondary N) is 1. The van der Waals surface area contributed by atoms with Gasteiger partial charge in [0, 0.05) is 18.3 Å². The highest BCUT2D eigenvalue weighted by Gasteiger charge is 2.36. The Kier molecular flexibility index (Phi) is 6.53. The number of benzene rings is 3. The first-order chi connectivity index (χ1) is 19.0. The summed E-state index contributed by atoms with van der Waals surface area (Å²) in [7, 11) is 0. The highest BCUT2D eigenvalue weighted by Crippen LogP contribution is 2.38. The highest BCUT2D eigenvalue weighted by molar-refractivity contribution is 5.76. The van der Waals surface area contributed by atoms with Crippen molar-refractivity contribution in [2.24, 2.45) is 0 Å². The molecule has 0 bridgehead atoms. The summed E-state index contributed by atoms with van der Waals surface area (Å²) in [6, 6.07) is 30.8. The summed E-state index contributed by atoms with van der Waals surface area (Å²) in [5.41, 5.74) is 8.63. The van der Waals surface area contributed by atoms with Crippen molar-refractivity contribution < 1.29 is 4.79 Å². The molecule has 3 aromatic carbocycles. The van der Waals surface area contributed by atoms with E-state index in [1.54, 1.807) is 0 Å². The Morgan fingerprint density at radius 3 is 2.28 bits per heavy atom. The van der Waals surface area contributed by atoms with E-state index < -0.39 is 0 Å². The van der Waals surface area contributed by atoms with Gasteiger partial charge in [0.1, 0.15) is 5.82 Å². The molecule has 0 saturated heterocycles. The van der Waals surface area contributed by atoms with Crippen LogP contribution in [0.3, 0.4) is 0 Å². The van der Waals surface area contributed by atoms with Crippen LogP contribution in [0.2, 0.25) is 0 Å². The SMILES string of the molecule is CCc1nn(-c2ccccc2)c2c1CN(C(=O)NCc1ccc(C)cc1)C(c1ccc(C)cc1)c1cccn1-2. The van der Waals surface area contributed by atoms with E-state index in [0.29, 0.717) is 13.1 Å². The molecule has 1 aliphatic rings. The maximum atomic E-state index is 14.0. The van der Waals surface area contributed by atoms with E-state index in [1.165, 1.54) is 11.1 Å². The quantitative estimate of drug-likeness (QED) is 0.285. The lowest BCUT2D eigenvalue weighted by atomic mass is 10.0. The number of aromatic nitrogens is 3. The number of rotatable bonds is 5. The molecular formula is C33H33N5O. The minimum Gasteiger partial charge on any atom is -0.334 e. The highest BCUT2D eigenvalue weighted by atomic mass is 16.2. The second-order valence-corrected chi connectivity index (χ2v) is 10.2. The molecule has 6 nitrogen and oxygen atoms in total. The number of carbonyl (C=O) groups excluding carboxylic acids is 1. The summed E-state index contributed by atoms with van der Waals surface area (Å²) < 4.78 is 4.24. The fraction of sp³-hybridized carbons (Fsp3) is 0.212. The van der Waals surface area contributed by atoms with Crippen molar-refractivity contribution in [3.05, 3.63) is 136 Å². The van der Waals surface area contributed by atoms with Crippen LogP contribution < -0.4 is 5.32 Å². The van der Waals surface area contributed by atoms with Crippen molar-refractivity contribution in [2.75, 3.05) is 0 Å². The molecule has 0 saturated carbocycles. The van der Waals surface area contributed by atoms with Gasteiger partial charge in [-0.1, -0.05) is 84.8 Å². The van der Waals surface area contributed by atoms with Crippen LogP contribution in [0, 0.1) is 13.8 Å². The van der Waals surface area contributed by atoms with E-state index >= 15 is 0 Å². The molecular weight excluding hydrogens is 482 g/mol. The maximum absolute atomic E-state index is 14.0. The number of aryl methyl sites for hydroxylation is 3. The van der Waals surface area contributed by atoms with Crippen LogP contribution in [0.5, 0.6) is 0 Å². The van der Waals surface area contributed by atoms with Crippen molar-refractivity contribution in [2.45, 2.75) is 46.3 Å². The zero-order valence-electron chi connectivity index (χ0n) is 22.6.